The summed E-state index contributed by atoms with van der Waals surface area (Å²) >= 11 is 6.29. The number of aliphatic hydroxyl groups is 1. The Bertz CT molecular complexity index is 1040. The van der Waals surface area contributed by atoms with Crippen LogP contribution >= 0.6 is 11.6 Å². The zero-order valence-electron chi connectivity index (χ0n) is 17.6. The fraction of sp³-hybridized carbons (Fsp3) is 0.217. The number of pyridine rings is 1. The van der Waals surface area contributed by atoms with E-state index in [4.69, 9.17) is 26.8 Å². The molecule has 2 rings (SSSR count). The van der Waals surface area contributed by atoms with Crippen LogP contribution in [0.4, 0.5) is 5.69 Å². The van der Waals surface area contributed by atoms with Crippen LogP contribution in [0.3, 0.4) is 0 Å². The lowest BCUT2D eigenvalue weighted by atomic mass is 10.0. The van der Waals surface area contributed by atoms with Gasteiger partial charge in [0.2, 0.25) is 5.88 Å². The van der Waals surface area contributed by atoms with Gasteiger partial charge < -0.3 is 25.4 Å². The van der Waals surface area contributed by atoms with Crippen LogP contribution in [0, 0.1) is 0 Å². The molecule has 0 unspecified atom stereocenters. The third-order valence-electron chi connectivity index (χ3n) is 4.02. The van der Waals surface area contributed by atoms with E-state index in [-0.39, 0.29) is 18.3 Å². The molecule has 0 atom stereocenters. The summed E-state index contributed by atoms with van der Waals surface area (Å²) in [4.78, 5) is 15.5. The number of rotatable bonds is 9. The predicted molar refractivity (Wildman–Crippen MR) is 121 cm³/mol. The first-order chi connectivity index (χ1) is 14.6. The molecule has 1 aromatic carbocycles. The van der Waals surface area contributed by atoms with Crippen LogP contribution in [0.15, 0.2) is 66.3 Å². The van der Waals surface area contributed by atoms with Gasteiger partial charge in [-0.05, 0) is 68.3 Å². The number of nitrogens with two attached hydrogens (primary N) is 1. The fourth-order valence-corrected chi connectivity index (χ4v) is 2.87. The standard InChI is InChI=1S/C23H25ClN2O5/c1-5-21(27)19(23(28)29)6-14(4)30-12-15-7-16(9-18(25)8-15)17-10-20(24)22(26-11-17)31-13(2)3/h5-11,13,27H,1,12,25H2,2-4H3,(H,28,29)/b14-6+,21-19-. The lowest BCUT2D eigenvalue weighted by Crippen LogP contribution is -2.07. The second-order valence-corrected chi connectivity index (χ2v) is 7.40. The summed E-state index contributed by atoms with van der Waals surface area (Å²) < 4.78 is 11.2. The number of benzene rings is 1. The molecule has 7 nitrogen and oxygen atoms in total. The Morgan fingerprint density at radius 1 is 1.26 bits per heavy atom. The van der Waals surface area contributed by atoms with Crippen LogP contribution < -0.4 is 10.5 Å². The maximum Gasteiger partial charge on any atom is 0.339 e. The molecule has 0 aliphatic heterocycles. The topological polar surface area (TPSA) is 115 Å². The van der Waals surface area contributed by atoms with Crippen LogP contribution in [0.2, 0.25) is 5.02 Å². The number of ether oxygens (including phenoxy) is 2. The van der Waals surface area contributed by atoms with Crippen LogP contribution in [0.5, 0.6) is 5.88 Å². The monoisotopic (exact) mass is 444 g/mol. The minimum Gasteiger partial charge on any atom is -0.507 e. The van der Waals surface area contributed by atoms with E-state index in [1.54, 1.807) is 31.3 Å². The minimum atomic E-state index is -1.29. The van der Waals surface area contributed by atoms with Crippen molar-refractivity contribution in [3.63, 3.8) is 0 Å². The van der Waals surface area contributed by atoms with Crippen LogP contribution in [-0.2, 0) is 16.1 Å². The molecule has 0 saturated heterocycles. The number of hydrogen-bond acceptors (Lipinski definition) is 6. The number of allylic oxidation sites excluding steroid dienone is 2. The van der Waals surface area contributed by atoms with Gasteiger partial charge in [-0.3, -0.25) is 0 Å². The average molecular weight is 445 g/mol. The Hall–Kier alpha value is -3.45. The summed E-state index contributed by atoms with van der Waals surface area (Å²) in [6.07, 6.45) is 3.88. The second-order valence-electron chi connectivity index (χ2n) is 6.99. The smallest absolute Gasteiger partial charge is 0.339 e. The molecule has 0 bridgehead atoms. The van der Waals surface area contributed by atoms with Crippen molar-refractivity contribution < 1.29 is 24.5 Å². The SMILES string of the molecule is C=C/C(O)=C(\C=C(/C)OCc1cc(N)cc(-c2cnc(OC(C)C)c(Cl)c2)c1)C(=O)O. The van der Waals surface area contributed by atoms with Gasteiger partial charge in [-0.25, -0.2) is 9.78 Å². The van der Waals surface area contributed by atoms with Gasteiger partial charge in [0.25, 0.3) is 0 Å². The summed E-state index contributed by atoms with van der Waals surface area (Å²) in [6.45, 7) is 8.86. The highest BCUT2D eigenvalue weighted by atomic mass is 35.5. The molecule has 0 aliphatic carbocycles. The molecule has 4 N–H and O–H groups in total. The number of aliphatic hydroxyl groups excluding tert-OH is 1. The molecule has 164 valence electrons. The van der Waals surface area contributed by atoms with Crippen molar-refractivity contribution in [2.75, 3.05) is 5.73 Å². The van der Waals surface area contributed by atoms with Gasteiger partial charge in [-0.15, -0.1) is 0 Å². The Morgan fingerprint density at radius 2 is 1.97 bits per heavy atom. The Balaban J connectivity index is 2.24. The van der Waals surface area contributed by atoms with Crippen molar-refractivity contribution in [2.45, 2.75) is 33.5 Å². The first-order valence-electron chi connectivity index (χ1n) is 9.42. The normalized spacial score (nSPS) is 12.4. The van der Waals surface area contributed by atoms with Crippen molar-refractivity contribution in [3.05, 3.63) is 76.9 Å². The van der Waals surface area contributed by atoms with Gasteiger partial charge in [0.05, 0.1) is 11.9 Å². The summed E-state index contributed by atoms with van der Waals surface area (Å²) in [5.74, 6) is -1.08. The largest absolute Gasteiger partial charge is 0.507 e. The number of nitrogens with zero attached hydrogens (tertiary/aromatic N) is 1. The van der Waals surface area contributed by atoms with Gasteiger partial charge in [0.1, 0.15) is 23.0 Å². The number of aromatic nitrogens is 1. The van der Waals surface area contributed by atoms with Gasteiger partial charge >= 0.3 is 5.97 Å². The maximum absolute atomic E-state index is 11.3. The van der Waals surface area contributed by atoms with Crippen molar-refractivity contribution in [2.24, 2.45) is 0 Å². The second kappa shape index (κ2) is 10.5. The molecule has 8 heteroatoms. The van der Waals surface area contributed by atoms with E-state index in [0.29, 0.717) is 22.3 Å². The molecule has 0 saturated carbocycles. The van der Waals surface area contributed by atoms with E-state index in [0.717, 1.165) is 22.8 Å². The van der Waals surface area contributed by atoms with Crippen molar-refractivity contribution in [1.29, 1.82) is 0 Å². The molecule has 2 aromatic rings. The van der Waals surface area contributed by atoms with Crippen molar-refractivity contribution in [1.82, 2.24) is 4.98 Å². The number of aliphatic carboxylic acids is 1. The summed E-state index contributed by atoms with van der Waals surface area (Å²) in [7, 11) is 0. The van der Waals surface area contributed by atoms with E-state index in [1.807, 2.05) is 19.9 Å². The van der Waals surface area contributed by atoms with Crippen molar-refractivity contribution in [3.8, 4) is 17.0 Å². The van der Waals surface area contributed by atoms with Gasteiger partial charge in [-0.1, -0.05) is 18.2 Å². The van der Waals surface area contributed by atoms with Gasteiger partial charge in [0, 0.05) is 17.4 Å². The van der Waals surface area contributed by atoms with E-state index >= 15 is 0 Å². The molecule has 0 amide bonds. The molecular formula is C23H25ClN2O5. The Labute approximate surface area is 186 Å². The molecule has 1 heterocycles. The number of carboxylic acids is 1. The number of carboxylic acid groups (broad SMARTS) is 1. The quantitative estimate of drug-likeness (QED) is 0.209. The van der Waals surface area contributed by atoms with E-state index in [1.165, 1.54) is 6.08 Å². The molecule has 0 spiro atoms. The molecule has 31 heavy (non-hydrogen) atoms. The van der Waals surface area contributed by atoms with Crippen LogP contribution in [-0.4, -0.2) is 27.3 Å². The molecule has 0 aliphatic rings. The Kier molecular flexibility index (Phi) is 8.10. The highest BCUT2D eigenvalue weighted by Gasteiger charge is 2.12. The molecule has 0 radical (unpaired) electrons. The van der Waals surface area contributed by atoms with Crippen molar-refractivity contribution >= 4 is 23.3 Å². The van der Waals surface area contributed by atoms with E-state index in [2.05, 4.69) is 11.6 Å². The summed E-state index contributed by atoms with van der Waals surface area (Å²) in [5, 5.41) is 19.2. The first kappa shape index (κ1) is 23.8. The molecule has 1 aromatic heterocycles. The molecular weight excluding hydrogens is 420 g/mol. The maximum atomic E-state index is 11.3. The first-order valence-corrected chi connectivity index (χ1v) is 9.80. The van der Waals surface area contributed by atoms with Gasteiger partial charge in [-0.2, -0.15) is 0 Å². The van der Waals surface area contributed by atoms with Crippen LogP contribution in [0.25, 0.3) is 11.1 Å². The Morgan fingerprint density at radius 3 is 2.55 bits per heavy atom. The highest BCUT2D eigenvalue weighted by molar-refractivity contribution is 6.32. The zero-order valence-corrected chi connectivity index (χ0v) is 18.3. The predicted octanol–water partition coefficient (Wildman–Crippen LogP) is 5.27. The highest BCUT2D eigenvalue weighted by Crippen LogP contribution is 2.30. The zero-order chi connectivity index (χ0) is 23.1. The third-order valence-corrected chi connectivity index (χ3v) is 4.29. The number of anilines is 1. The van der Waals surface area contributed by atoms with E-state index < -0.39 is 11.7 Å². The number of hydrogen-bond donors (Lipinski definition) is 3. The third kappa shape index (κ3) is 6.79. The van der Waals surface area contributed by atoms with Gasteiger partial charge in [0.15, 0.2) is 0 Å². The lowest BCUT2D eigenvalue weighted by molar-refractivity contribution is -0.132. The van der Waals surface area contributed by atoms with Crippen LogP contribution in [0.1, 0.15) is 26.3 Å². The number of nitrogen functional groups attached to an aromatic ring is 1. The molecule has 0 fully saturated rings. The minimum absolute atomic E-state index is 0.0480. The summed E-state index contributed by atoms with van der Waals surface area (Å²) in [5.41, 5.74) is 8.55. The number of halogens is 1. The van der Waals surface area contributed by atoms with E-state index in [9.17, 15) is 15.0 Å². The fourth-order valence-electron chi connectivity index (χ4n) is 2.66. The lowest BCUT2D eigenvalue weighted by Gasteiger charge is -2.13. The summed E-state index contributed by atoms with van der Waals surface area (Å²) in [6, 6.07) is 7.15. The number of carbonyl (C=O) groups is 1. The average Bonchev–Trinajstić information content (AvgIpc) is 2.70.